The van der Waals surface area contributed by atoms with Crippen LogP contribution in [0.15, 0.2) is 29.3 Å². The van der Waals surface area contributed by atoms with Crippen molar-refractivity contribution < 1.29 is 4.79 Å². The van der Waals surface area contributed by atoms with Crippen LogP contribution < -0.4 is 16.0 Å². The lowest BCUT2D eigenvalue weighted by Crippen LogP contribution is -2.50. The maximum absolute atomic E-state index is 11.5. The molecule has 0 aliphatic carbocycles. The molecule has 1 amide bonds. The average Bonchev–Trinajstić information content (AvgIpc) is 2.65. The Morgan fingerprint density at radius 3 is 2.48 bits per heavy atom. The highest BCUT2D eigenvalue weighted by Gasteiger charge is 2.21. The summed E-state index contributed by atoms with van der Waals surface area (Å²) < 4.78 is 0. The minimum absolute atomic E-state index is 0. The molecule has 0 unspecified atom stereocenters. The highest BCUT2D eigenvalue weighted by atomic mass is 127. The normalized spacial score (nSPS) is 15.7. The largest absolute Gasteiger partial charge is 0.358 e. The number of aryl methyl sites for hydroxylation is 1. The van der Waals surface area contributed by atoms with Crippen LogP contribution in [0.4, 0.5) is 0 Å². The molecule has 1 saturated heterocycles. The molecule has 0 saturated carbocycles. The van der Waals surface area contributed by atoms with Crippen LogP contribution in [0.2, 0.25) is 0 Å². The van der Waals surface area contributed by atoms with Gasteiger partial charge in [0.15, 0.2) is 5.96 Å². The lowest BCUT2D eigenvalue weighted by Gasteiger charge is -2.32. The maximum atomic E-state index is 11.5. The summed E-state index contributed by atoms with van der Waals surface area (Å²) >= 11 is 0. The number of hydrogen-bond acceptors (Lipinski definition) is 3. The number of hydrogen-bond donors (Lipinski definition) is 3. The molecule has 1 aliphatic heterocycles. The first-order chi connectivity index (χ1) is 12.6. The number of piperidine rings is 1. The van der Waals surface area contributed by atoms with E-state index in [0.717, 1.165) is 51.4 Å². The number of halogens is 1. The Morgan fingerprint density at radius 1 is 1.22 bits per heavy atom. The number of rotatable bonds is 7. The minimum Gasteiger partial charge on any atom is -0.358 e. The molecule has 3 N–H and O–H groups in total. The first kappa shape index (κ1) is 23.7. The average molecular weight is 487 g/mol. The quantitative estimate of drug-likeness (QED) is 0.313. The van der Waals surface area contributed by atoms with Gasteiger partial charge in [-0.1, -0.05) is 29.8 Å². The molecule has 1 aromatic carbocycles. The molecule has 1 aliphatic rings. The van der Waals surface area contributed by atoms with Crippen molar-refractivity contribution in [1.82, 2.24) is 20.9 Å². The van der Waals surface area contributed by atoms with Crippen molar-refractivity contribution in [2.75, 3.05) is 39.8 Å². The van der Waals surface area contributed by atoms with Crippen LogP contribution in [0.25, 0.3) is 0 Å². The molecule has 0 atom stereocenters. The lowest BCUT2D eigenvalue weighted by molar-refractivity contribution is -0.122. The van der Waals surface area contributed by atoms with Gasteiger partial charge >= 0.3 is 0 Å². The fraction of sp³-hybridized carbons (Fsp3) is 0.600. The van der Waals surface area contributed by atoms with E-state index in [1.807, 2.05) is 0 Å². The fourth-order valence-electron chi connectivity index (χ4n) is 3.08. The van der Waals surface area contributed by atoms with Gasteiger partial charge in [-0.15, -0.1) is 24.0 Å². The topological polar surface area (TPSA) is 68.8 Å². The number of carbonyl (C=O) groups is 1. The third kappa shape index (κ3) is 8.92. The van der Waals surface area contributed by atoms with Crippen LogP contribution >= 0.6 is 24.0 Å². The van der Waals surface area contributed by atoms with Gasteiger partial charge in [-0.2, -0.15) is 0 Å². The monoisotopic (exact) mass is 487 g/mol. The predicted molar refractivity (Wildman–Crippen MR) is 123 cm³/mol. The van der Waals surface area contributed by atoms with Crippen molar-refractivity contribution in [3.63, 3.8) is 0 Å². The van der Waals surface area contributed by atoms with Crippen LogP contribution in [0, 0.1) is 6.92 Å². The van der Waals surface area contributed by atoms with E-state index in [9.17, 15) is 4.79 Å². The van der Waals surface area contributed by atoms with E-state index in [-0.39, 0.29) is 29.9 Å². The molecular weight excluding hydrogens is 453 g/mol. The molecule has 27 heavy (non-hydrogen) atoms. The Bertz CT molecular complexity index is 583. The van der Waals surface area contributed by atoms with Crippen LogP contribution in [-0.2, 0) is 11.2 Å². The summed E-state index contributed by atoms with van der Waals surface area (Å²) in [5.41, 5.74) is 2.60. The zero-order valence-corrected chi connectivity index (χ0v) is 19.1. The summed E-state index contributed by atoms with van der Waals surface area (Å²) in [5, 5.41) is 9.58. The van der Waals surface area contributed by atoms with Crippen molar-refractivity contribution in [3.05, 3.63) is 35.4 Å². The number of amides is 1. The van der Waals surface area contributed by atoms with Gasteiger partial charge in [0.05, 0.1) is 6.54 Å². The van der Waals surface area contributed by atoms with Gasteiger partial charge in [-0.3, -0.25) is 14.7 Å². The number of likely N-dealkylation sites (tertiary alicyclic amines) is 1. The molecular formula is C20H34IN5O. The number of likely N-dealkylation sites (N-methyl/N-ethyl adjacent to an activating group) is 1. The molecule has 0 aromatic heterocycles. The van der Waals surface area contributed by atoms with E-state index in [1.54, 1.807) is 7.05 Å². The van der Waals surface area contributed by atoms with Crippen LogP contribution in [-0.4, -0.2) is 62.6 Å². The second-order valence-electron chi connectivity index (χ2n) is 6.86. The van der Waals surface area contributed by atoms with E-state index < -0.39 is 0 Å². The Kier molecular flexibility index (Phi) is 11.3. The van der Waals surface area contributed by atoms with Crippen molar-refractivity contribution in [2.45, 2.75) is 39.2 Å². The van der Waals surface area contributed by atoms with Crippen LogP contribution in [0.5, 0.6) is 0 Å². The van der Waals surface area contributed by atoms with Gasteiger partial charge in [0.2, 0.25) is 5.91 Å². The Labute approximate surface area is 180 Å². The summed E-state index contributed by atoms with van der Waals surface area (Å²) in [6, 6.07) is 9.05. The van der Waals surface area contributed by atoms with Gasteiger partial charge < -0.3 is 16.0 Å². The molecule has 0 bridgehead atoms. The highest BCUT2D eigenvalue weighted by Crippen LogP contribution is 2.10. The first-order valence-electron chi connectivity index (χ1n) is 9.64. The van der Waals surface area contributed by atoms with E-state index in [2.05, 4.69) is 59.0 Å². The van der Waals surface area contributed by atoms with Crippen molar-refractivity contribution in [2.24, 2.45) is 4.99 Å². The summed E-state index contributed by atoms with van der Waals surface area (Å²) in [6.45, 7) is 8.19. The lowest BCUT2D eigenvalue weighted by atomic mass is 10.1. The Hall–Kier alpha value is -1.35. The summed E-state index contributed by atoms with van der Waals surface area (Å²) in [7, 11) is 1.69. The zero-order valence-electron chi connectivity index (χ0n) is 16.8. The van der Waals surface area contributed by atoms with Gasteiger partial charge in [0.25, 0.3) is 0 Å². The van der Waals surface area contributed by atoms with E-state index >= 15 is 0 Å². The standard InChI is InChI=1S/C20H33N5O.HI/c1-4-22-20(23-12-9-17-7-5-16(2)6-8-17)24-18-10-13-25(14-11-18)15-19(26)21-3;/h5-8,18H,4,9-15H2,1-3H3,(H,21,26)(H2,22,23,24);1H. The highest BCUT2D eigenvalue weighted by molar-refractivity contribution is 14.0. The molecule has 1 aromatic rings. The molecule has 0 radical (unpaired) electrons. The van der Waals surface area contributed by atoms with Crippen LogP contribution in [0.1, 0.15) is 30.9 Å². The van der Waals surface area contributed by atoms with Gasteiger partial charge in [-0.25, -0.2) is 0 Å². The van der Waals surface area contributed by atoms with Crippen molar-refractivity contribution >= 4 is 35.8 Å². The molecule has 152 valence electrons. The van der Waals surface area contributed by atoms with Gasteiger partial charge in [-0.05, 0) is 38.7 Å². The zero-order chi connectivity index (χ0) is 18.8. The fourth-order valence-corrected chi connectivity index (χ4v) is 3.08. The van der Waals surface area contributed by atoms with Crippen LogP contribution in [0.3, 0.4) is 0 Å². The SMILES string of the molecule is CCNC(=NCCc1ccc(C)cc1)NC1CCN(CC(=O)NC)CC1.I. The van der Waals surface area contributed by atoms with Gasteiger partial charge in [0, 0.05) is 39.3 Å². The molecule has 2 rings (SSSR count). The summed E-state index contributed by atoms with van der Waals surface area (Å²) in [5.74, 6) is 0.978. The predicted octanol–water partition coefficient (Wildman–Crippen LogP) is 1.92. The molecule has 7 heteroatoms. The Balaban J connectivity index is 0.00000364. The number of carbonyl (C=O) groups excluding carboxylic acids is 1. The number of guanidine groups is 1. The summed E-state index contributed by atoms with van der Waals surface area (Å²) in [6.07, 6.45) is 3.00. The number of nitrogens with one attached hydrogen (secondary N) is 3. The number of aliphatic imine (C=N–C) groups is 1. The number of benzene rings is 1. The molecule has 6 nitrogen and oxygen atoms in total. The number of nitrogens with zero attached hydrogens (tertiary/aromatic N) is 2. The third-order valence-corrected chi connectivity index (χ3v) is 4.71. The second kappa shape index (κ2) is 12.9. The smallest absolute Gasteiger partial charge is 0.233 e. The second-order valence-corrected chi connectivity index (χ2v) is 6.86. The maximum Gasteiger partial charge on any atom is 0.233 e. The molecule has 1 fully saturated rings. The Morgan fingerprint density at radius 2 is 1.89 bits per heavy atom. The van der Waals surface area contributed by atoms with E-state index in [0.29, 0.717) is 12.6 Å². The third-order valence-electron chi connectivity index (χ3n) is 4.71. The van der Waals surface area contributed by atoms with Gasteiger partial charge in [0.1, 0.15) is 0 Å². The molecule has 0 spiro atoms. The first-order valence-corrected chi connectivity index (χ1v) is 9.64. The summed E-state index contributed by atoms with van der Waals surface area (Å²) in [4.78, 5) is 18.4. The van der Waals surface area contributed by atoms with Crippen molar-refractivity contribution in [3.8, 4) is 0 Å². The van der Waals surface area contributed by atoms with E-state index in [4.69, 9.17) is 4.99 Å². The van der Waals surface area contributed by atoms with E-state index in [1.165, 1.54) is 11.1 Å². The molecule has 1 heterocycles. The van der Waals surface area contributed by atoms with Crippen molar-refractivity contribution in [1.29, 1.82) is 0 Å². The minimum atomic E-state index is 0.